The van der Waals surface area contributed by atoms with E-state index in [2.05, 4.69) is 16.0 Å². The van der Waals surface area contributed by atoms with Gasteiger partial charge in [-0.15, -0.1) is 0 Å². The van der Waals surface area contributed by atoms with Gasteiger partial charge in [-0.1, -0.05) is 18.2 Å². The molecule has 0 unspecified atom stereocenters. The van der Waals surface area contributed by atoms with Crippen LogP contribution in [0.25, 0.3) is 0 Å². The Morgan fingerprint density at radius 1 is 0.903 bits per heavy atom. The lowest BCUT2D eigenvalue weighted by Gasteiger charge is -2.19. The maximum atomic E-state index is 13.2. The zero-order valence-corrected chi connectivity index (χ0v) is 18.0. The van der Waals surface area contributed by atoms with Gasteiger partial charge in [0.1, 0.15) is 11.4 Å². The van der Waals surface area contributed by atoms with E-state index in [0.717, 1.165) is 5.56 Å². The van der Waals surface area contributed by atoms with Crippen molar-refractivity contribution in [3.63, 3.8) is 0 Å². The lowest BCUT2D eigenvalue weighted by atomic mass is 10.1. The summed E-state index contributed by atoms with van der Waals surface area (Å²) in [7, 11) is 0. The van der Waals surface area contributed by atoms with Gasteiger partial charge in [0.2, 0.25) is 11.8 Å². The Balaban J connectivity index is 1.77. The third-order valence-electron chi connectivity index (χ3n) is 3.98. The molecule has 0 saturated heterocycles. The molecule has 0 aromatic heterocycles. The third-order valence-corrected chi connectivity index (χ3v) is 3.98. The van der Waals surface area contributed by atoms with Gasteiger partial charge < -0.3 is 20.7 Å². The van der Waals surface area contributed by atoms with Crippen molar-refractivity contribution in [2.24, 2.45) is 0 Å². The van der Waals surface area contributed by atoms with Gasteiger partial charge in [0.05, 0.1) is 0 Å². The topological polar surface area (TPSA) is 96.5 Å². The number of nitrogens with one attached hydrogen (secondary N) is 3. The summed E-state index contributed by atoms with van der Waals surface area (Å²) in [6, 6.07) is 12.9. The van der Waals surface area contributed by atoms with E-state index in [1.165, 1.54) is 12.1 Å². The third kappa shape index (κ3) is 9.75. The zero-order chi connectivity index (χ0) is 22.9. The van der Waals surface area contributed by atoms with Gasteiger partial charge in [0, 0.05) is 30.8 Å². The highest BCUT2D eigenvalue weighted by Gasteiger charge is 2.16. The number of benzene rings is 2. The van der Waals surface area contributed by atoms with Crippen molar-refractivity contribution < 1.29 is 23.5 Å². The number of ether oxygens (including phenoxy) is 1. The molecule has 7 nitrogen and oxygen atoms in total. The summed E-state index contributed by atoms with van der Waals surface area (Å²) in [6.07, 6.45) is 0.119. The zero-order valence-electron chi connectivity index (χ0n) is 18.0. The molecule has 3 amide bonds. The van der Waals surface area contributed by atoms with Crippen LogP contribution in [0.2, 0.25) is 0 Å². The fourth-order valence-electron chi connectivity index (χ4n) is 2.66. The maximum Gasteiger partial charge on any atom is 0.407 e. The summed E-state index contributed by atoms with van der Waals surface area (Å²) < 4.78 is 18.3. The first-order valence-corrected chi connectivity index (χ1v) is 10.0. The van der Waals surface area contributed by atoms with Crippen LogP contribution < -0.4 is 16.0 Å². The largest absolute Gasteiger partial charge is 0.444 e. The van der Waals surface area contributed by atoms with Crippen molar-refractivity contribution in [3.8, 4) is 0 Å². The molecule has 0 fully saturated rings. The second-order valence-electron chi connectivity index (χ2n) is 7.99. The van der Waals surface area contributed by atoms with E-state index in [1.54, 1.807) is 57.2 Å². The molecule has 2 rings (SSSR count). The Bertz CT molecular complexity index is 925. The number of alkyl carbamates (subject to hydrolysis) is 1. The number of carbonyl (C=O) groups excluding carboxylic acids is 3. The summed E-state index contributed by atoms with van der Waals surface area (Å²) in [5.41, 5.74) is 1.20. The van der Waals surface area contributed by atoms with Crippen molar-refractivity contribution in [1.82, 2.24) is 5.32 Å². The molecule has 0 bridgehead atoms. The van der Waals surface area contributed by atoms with Gasteiger partial charge in [-0.3, -0.25) is 9.59 Å². The molecule has 0 aliphatic heterocycles. The monoisotopic (exact) mass is 429 g/mol. The van der Waals surface area contributed by atoms with Crippen LogP contribution in [0.15, 0.2) is 48.5 Å². The molecule has 0 heterocycles. The number of halogens is 1. The molecule has 2 aromatic rings. The van der Waals surface area contributed by atoms with Crippen molar-refractivity contribution in [2.45, 2.75) is 45.6 Å². The lowest BCUT2D eigenvalue weighted by molar-refractivity contribution is -0.116. The number of hydrogen-bond donors (Lipinski definition) is 3. The molecule has 0 aliphatic carbocycles. The minimum Gasteiger partial charge on any atom is -0.444 e. The first-order chi connectivity index (χ1) is 14.6. The lowest BCUT2D eigenvalue weighted by Crippen LogP contribution is -2.34. The van der Waals surface area contributed by atoms with Crippen LogP contribution >= 0.6 is 0 Å². The number of hydrogen-bond acceptors (Lipinski definition) is 4. The summed E-state index contributed by atoms with van der Waals surface area (Å²) in [4.78, 5) is 35.8. The van der Waals surface area contributed by atoms with Crippen LogP contribution in [-0.4, -0.2) is 30.1 Å². The number of rotatable bonds is 8. The summed E-state index contributed by atoms with van der Waals surface area (Å²) in [5, 5.41) is 8.00. The molecule has 31 heavy (non-hydrogen) atoms. The summed E-state index contributed by atoms with van der Waals surface area (Å²) >= 11 is 0. The molecule has 0 saturated carbocycles. The van der Waals surface area contributed by atoms with E-state index in [4.69, 9.17) is 4.74 Å². The van der Waals surface area contributed by atoms with Crippen molar-refractivity contribution in [3.05, 3.63) is 59.9 Å². The van der Waals surface area contributed by atoms with E-state index >= 15 is 0 Å². The highest BCUT2D eigenvalue weighted by atomic mass is 19.1. The molecule has 8 heteroatoms. The molecule has 0 aliphatic rings. The first kappa shape index (κ1) is 23.9. The van der Waals surface area contributed by atoms with Crippen molar-refractivity contribution in [1.29, 1.82) is 0 Å². The second-order valence-corrected chi connectivity index (χ2v) is 7.99. The standard InChI is InChI=1S/C23H28FN3O4/c1-23(2,3)31-22(30)25-13-12-21(29)27-19-9-5-8-18(15-19)26-20(28)11-10-16-6-4-7-17(24)14-16/h4-9,14-15H,10-13H2,1-3H3,(H,25,30)(H,26,28)(H,27,29). The Labute approximate surface area is 181 Å². The predicted molar refractivity (Wildman–Crippen MR) is 117 cm³/mol. The Hall–Kier alpha value is -3.42. The van der Waals surface area contributed by atoms with Crippen molar-refractivity contribution >= 4 is 29.3 Å². The molecule has 0 spiro atoms. The van der Waals surface area contributed by atoms with E-state index in [0.29, 0.717) is 17.8 Å². The minimum absolute atomic E-state index is 0.0729. The normalized spacial score (nSPS) is 10.8. The van der Waals surface area contributed by atoms with Crippen LogP contribution in [-0.2, 0) is 20.7 Å². The highest BCUT2D eigenvalue weighted by Crippen LogP contribution is 2.16. The maximum absolute atomic E-state index is 13.2. The number of anilines is 2. The fraction of sp³-hybridized carbons (Fsp3) is 0.348. The molecule has 0 atom stereocenters. The number of aryl methyl sites for hydroxylation is 1. The fourth-order valence-corrected chi connectivity index (χ4v) is 2.66. The molecule has 2 aromatic carbocycles. The van der Waals surface area contributed by atoms with Crippen LogP contribution in [0, 0.1) is 5.82 Å². The second kappa shape index (κ2) is 11.1. The van der Waals surface area contributed by atoms with Crippen LogP contribution in [0.3, 0.4) is 0 Å². The van der Waals surface area contributed by atoms with Crippen molar-refractivity contribution in [2.75, 3.05) is 17.2 Å². The predicted octanol–water partition coefficient (Wildman–Crippen LogP) is 4.25. The van der Waals surface area contributed by atoms with Crippen LogP contribution in [0.5, 0.6) is 0 Å². The van der Waals surface area contributed by atoms with E-state index < -0.39 is 11.7 Å². The number of amides is 3. The molecular weight excluding hydrogens is 401 g/mol. The molecule has 166 valence electrons. The van der Waals surface area contributed by atoms with Gasteiger partial charge in [0.25, 0.3) is 0 Å². The van der Waals surface area contributed by atoms with Crippen LogP contribution in [0.4, 0.5) is 20.6 Å². The molecule has 0 radical (unpaired) electrons. The quantitative estimate of drug-likeness (QED) is 0.584. The Kier molecular flexibility index (Phi) is 8.54. The smallest absolute Gasteiger partial charge is 0.407 e. The Morgan fingerprint density at radius 3 is 2.13 bits per heavy atom. The summed E-state index contributed by atoms with van der Waals surface area (Å²) in [5.74, 6) is -0.831. The number of carbonyl (C=O) groups is 3. The van der Waals surface area contributed by atoms with Gasteiger partial charge in [-0.2, -0.15) is 0 Å². The van der Waals surface area contributed by atoms with Gasteiger partial charge in [0.15, 0.2) is 0 Å². The average Bonchev–Trinajstić information content (AvgIpc) is 2.65. The van der Waals surface area contributed by atoms with Gasteiger partial charge >= 0.3 is 6.09 Å². The van der Waals surface area contributed by atoms with E-state index in [9.17, 15) is 18.8 Å². The summed E-state index contributed by atoms with van der Waals surface area (Å²) in [6.45, 7) is 5.41. The first-order valence-electron chi connectivity index (χ1n) is 10.0. The molecular formula is C23H28FN3O4. The van der Waals surface area contributed by atoms with E-state index in [1.807, 2.05) is 0 Å². The average molecular weight is 429 g/mol. The van der Waals surface area contributed by atoms with Crippen LogP contribution in [0.1, 0.15) is 39.2 Å². The minimum atomic E-state index is -0.603. The highest BCUT2D eigenvalue weighted by molar-refractivity contribution is 5.94. The molecule has 3 N–H and O–H groups in total. The van der Waals surface area contributed by atoms with Gasteiger partial charge in [-0.05, 0) is 63.1 Å². The van der Waals surface area contributed by atoms with Gasteiger partial charge in [-0.25, -0.2) is 9.18 Å². The SMILES string of the molecule is CC(C)(C)OC(=O)NCCC(=O)Nc1cccc(NC(=O)CCc2cccc(F)c2)c1. The van der Waals surface area contributed by atoms with E-state index in [-0.39, 0.29) is 37.0 Å². The Morgan fingerprint density at radius 2 is 1.52 bits per heavy atom.